The monoisotopic (exact) mass is 371 g/mol. The standard InChI is InChI=1S/C17H19NO5S.Na/c1-12-6-8-15(9-7-12)23-16-5-3-4-14(10-16)17(18-13(2)19)11-24(20,21)22;/h3-10,17H,11H2,1-2H3,(H,18,19)(H,20,21,22);/q;+1/p-1. The molecule has 1 atom stereocenters. The second kappa shape index (κ2) is 9.35. The fourth-order valence-corrected chi connectivity index (χ4v) is 2.89. The summed E-state index contributed by atoms with van der Waals surface area (Å²) in [5.74, 6) is -0.0330. The summed E-state index contributed by atoms with van der Waals surface area (Å²) in [5.41, 5.74) is 1.58. The molecule has 1 unspecified atom stereocenters. The van der Waals surface area contributed by atoms with E-state index in [4.69, 9.17) is 4.74 Å². The zero-order valence-electron chi connectivity index (χ0n) is 14.4. The van der Waals surface area contributed by atoms with E-state index in [0.717, 1.165) is 5.56 Å². The first-order valence-electron chi connectivity index (χ1n) is 7.28. The van der Waals surface area contributed by atoms with Gasteiger partial charge >= 0.3 is 29.6 Å². The van der Waals surface area contributed by atoms with Crippen LogP contribution >= 0.6 is 0 Å². The van der Waals surface area contributed by atoms with Gasteiger partial charge in [0.25, 0.3) is 0 Å². The molecule has 2 aromatic carbocycles. The van der Waals surface area contributed by atoms with Crippen LogP contribution in [0.25, 0.3) is 0 Å². The molecule has 0 bridgehead atoms. The smallest absolute Gasteiger partial charge is 0.748 e. The van der Waals surface area contributed by atoms with Crippen LogP contribution in [0.1, 0.15) is 24.1 Å². The Morgan fingerprint density at radius 1 is 1.16 bits per heavy atom. The Morgan fingerprint density at radius 2 is 1.80 bits per heavy atom. The summed E-state index contributed by atoms with van der Waals surface area (Å²) in [7, 11) is -4.50. The number of nitrogens with one attached hydrogen (secondary N) is 1. The van der Waals surface area contributed by atoms with Gasteiger partial charge in [-0.2, -0.15) is 0 Å². The molecule has 2 rings (SSSR count). The van der Waals surface area contributed by atoms with Gasteiger partial charge in [0.2, 0.25) is 5.91 Å². The average molecular weight is 371 g/mol. The molecule has 25 heavy (non-hydrogen) atoms. The zero-order chi connectivity index (χ0) is 17.7. The Kier molecular flexibility index (Phi) is 8.11. The summed E-state index contributed by atoms with van der Waals surface area (Å²) in [6.45, 7) is 3.23. The van der Waals surface area contributed by atoms with Crippen LogP contribution in [-0.4, -0.2) is 24.6 Å². The van der Waals surface area contributed by atoms with Crippen LogP contribution in [0.3, 0.4) is 0 Å². The average Bonchev–Trinajstić information content (AvgIpc) is 2.47. The number of benzene rings is 2. The fraction of sp³-hybridized carbons (Fsp3) is 0.235. The normalized spacial score (nSPS) is 12.0. The molecule has 8 heteroatoms. The first-order valence-corrected chi connectivity index (χ1v) is 8.86. The van der Waals surface area contributed by atoms with E-state index >= 15 is 0 Å². The van der Waals surface area contributed by atoms with Crippen molar-refractivity contribution in [3.05, 3.63) is 59.7 Å². The van der Waals surface area contributed by atoms with Gasteiger partial charge in [0.1, 0.15) is 11.5 Å². The van der Waals surface area contributed by atoms with Crippen molar-refractivity contribution < 1.29 is 52.1 Å². The molecule has 0 saturated carbocycles. The van der Waals surface area contributed by atoms with Gasteiger partial charge in [-0.1, -0.05) is 29.8 Å². The molecule has 0 aliphatic heterocycles. The Bertz CT molecular complexity index is 821. The molecule has 2 aromatic rings. The number of carbonyl (C=O) groups excluding carboxylic acids is 1. The van der Waals surface area contributed by atoms with Crippen molar-refractivity contribution in [3.63, 3.8) is 0 Å². The van der Waals surface area contributed by atoms with Crippen molar-refractivity contribution in [2.75, 3.05) is 5.75 Å². The number of hydrogen-bond donors (Lipinski definition) is 1. The summed E-state index contributed by atoms with van der Waals surface area (Å²) < 4.78 is 38.9. The van der Waals surface area contributed by atoms with Crippen LogP contribution in [-0.2, 0) is 14.9 Å². The Labute approximate surface area is 169 Å². The SMILES string of the molecule is CC(=O)NC(CS(=O)(=O)[O-])c1cccc(Oc2ccc(C)cc2)c1.[Na+]. The third kappa shape index (κ3) is 7.58. The number of hydrogen-bond acceptors (Lipinski definition) is 5. The molecule has 1 N–H and O–H groups in total. The van der Waals surface area contributed by atoms with E-state index < -0.39 is 27.8 Å². The van der Waals surface area contributed by atoms with Gasteiger partial charge in [-0.3, -0.25) is 4.79 Å². The Hall–Kier alpha value is -1.38. The molecule has 0 radical (unpaired) electrons. The maximum atomic E-state index is 11.3. The van der Waals surface area contributed by atoms with Gasteiger partial charge in [-0.05, 0) is 36.8 Å². The predicted octanol–water partition coefficient (Wildman–Crippen LogP) is -0.486. The molecule has 0 spiro atoms. The van der Waals surface area contributed by atoms with Gasteiger partial charge < -0.3 is 14.6 Å². The van der Waals surface area contributed by atoms with Crippen LogP contribution in [0.5, 0.6) is 11.5 Å². The van der Waals surface area contributed by atoms with Crippen LogP contribution in [0.15, 0.2) is 48.5 Å². The number of aryl methyl sites for hydroxylation is 1. The van der Waals surface area contributed by atoms with Crippen molar-refractivity contribution in [3.8, 4) is 11.5 Å². The third-order valence-electron chi connectivity index (χ3n) is 3.27. The second-order valence-corrected chi connectivity index (χ2v) is 6.91. The quantitative estimate of drug-likeness (QED) is 0.546. The van der Waals surface area contributed by atoms with Crippen LogP contribution in [0.4, 0.5) is 0 Å². The molecule has 128 valence electrons. The minimum absolute atomic E-state index is 0. The van der Waals surface area contributed by atoms with Gasteiger partial charge in [-0.15, -0.1) is 0 Å². The van der Waals surface area contributed by atoms with Crippen LogP contribution in [0, 0.1) is 6.92 Å². The summed E-state index contributed by atoms with van der Waals surface area (Å²) in [5, 5.41) is 2.48. The van der Waals surface area contributed by atoms with Crippen LogP contribution < -0.4 is 39.6 Å². The minimum atomic E-state index is -4.50. The van der Waals surface area contributed by atoms with E-state index in [9.17, 15) is 17.8 Å². The molecule has 0 saturated heterocycles. The Morgan fingerprint density at radius 3 is 2.36 bits per heavy atom. The van der Waals surface area contributed by atoms with Gasteiger partial charge in [0.05, 0.1) is 21.9 Å². The third-order valence-corrected chi connectivity index (χ3v) is 4.01. The maximum Gasteiger partial charge on any atom is 1.00 e. The number of amides is 1. The minimum Gasteiger partial charge on any atom is -0.748 e. The topological polar surface area (TPSA) is 95.5 Å². The summed E-state index contributed by atoms with van der Waals surface area (Å²) in [4.78, 5) is 11.3. The predicted molar refractivity (Wildman–Crippen MR) is 88.8 cm³/mol. The fourth-order valence-electron chi connectivity index (χ4n) is 2.21. The Balaban J connectivity index is 0.00000312. The number of carbonyl (C=O) groups is 1. The number of rotatable bonds is 6. The molecule has 0 aromatic heterocycles. The molecule has 6 nitrogen and oxygen atoms in total. The largest absolute Gasteiger partial charge is 1.00 e. The number of ether oxygens (including phenoxy) is 1. The van der Waals surface area contributed by atoms with E-state index in [1.54, 1.807) is 24.3 Å². The van der Waals surface area contributed by atoms with E-state index in [1.165, 1.54) is 6.92 Å². The molecular formula is C17H18NNaO5S. The van der Waals surface area contributed by atoms with E-state index in [-0.39, 0.29) is 29.6 Å². The molecule has 1 amide bonds. The first kappa shape index (κ1) is 21.7. The van der Waals surface area contributed by atoms with E-state index in [1.807, 2.05) is 31.2 Å². The summed E-state index contributed by atoms with van der Waals surface area (Å²) in [6, 6.07) is 13.1. The zero-order valence-corrected chi connectivity index (χ0v) is 17.2. The molecule has 0 heterocycles. The van der Waals surface area contributed by atoms with Crippen molar-refractivity contribution in [1.29, 1.82) is 0 Å². The van der Waals surface area contributed by atoms with Crippen molar-refractivity contribution >= 4 is 16.0 Å². The summed E-state index contributed by atoms with van der Waals surface area (Å²) in [6.07, 6.45) is 0. The summed E-state index contributed by atoms with van der Waals surface area (Å²) >= 11 is 0. The molecule has 0 fully saturated rings. The maximum absolute atomic E-state index is 11.3. The van der Waals surface area contributed by atoms with Crippen LogP contribution in [0.2, 0.25) is 0 Å². The van der Waals surface area contributed by atoms with Gasteiger partial charge in [0.15, 0.2) is 0 Å². The molecular weight excluding hydrogens is 353 g/mol. The van der Waals surface area contributed by atoms with Crippen molar-refractivity contribution in [1.82, 2.24) is 5.32 Å². The second-order valence-electron chi connectivity index (χ2n) is 5.47. The molecule has 0 aliphatic carbocycles. The van der Waals surface area contributed by atoms with Gasteiger partial charge in [-0.25, -0.2) is 8.42 Å². The van der Waals surface area contributed by atoms with E-state index in [0.29, 0.717) is 17.1 Å². The van der Waals surface area contributed by atoms with E-state index in [2.05, 4.69) is 5.32 Å². The van der Waals surface area contributed by atoms with Crippen molar-refractivity contribution in [2.45, 2.75) is 19.9 Å². The first-order chi connectivity index (χ1) is 11.2. The van der Waals surface area contributed by atoms with Crippen molar-refractivity contribution in [2.24, 2.45) is 0 Å². The van der Waals surface area contributed by atoms with Gasteiger partial charge in [0, 0.05) is 6.92 Å². The molecule has 0 aliphatic rings.